The van der Waals surface area contributed by atoms with Gasteiger partial charge >= 0.3 is 6.61 Å². The lowest BCUT2D eigenvalue weighted by Gasteiger charge is -2.21. The van der Waals surface area contributed by atoms with Gasteiger partial charge in [-0.1, -0.05) is 6.07 Å². The van der Waals surface area contributed by atoms with Crippen LogP contribution in [-0.2, 0) is 4.79 Å². The molecule has 252 valence electrons. The quantitative estimate of drug-likeness (QED) is 0.168. The molecule has 0 bridgehead atoms. The molecular formula is C30H35Cl2F4N5O5. The minimum absolute atomic E-state index is 0. The third kappa shape index (κ3) is 9.24. The van der Waals surface area contributed by atoms with Gasteiger partial charge in [-0.15, -0.1) is 24.8 Å². The zero-order valence-corrected chi connectivity index (χ0v) is 26.3. The summed E-state index contributed by atoms with van der Waals surface area (Å²) < 4.78 is 70.6. The number of aromatic nitrogens is 1. The van der Waals surface area contributed by atoms with Crippen LogP contribution in [0.2, 0.25) is 0 Å². The SMILES string of the molecule is C[C@H](N)c1oc(-c2ccc(OC(F)F)c(OCC3CC3)c2)nc1C(=O)NC(CNC(=O)C(N)C1CC1)c1ccc(F)cc1F.Cl.Cl. The maximum Gasteiger partial charge on any atom is 0.387 e. The topological polar surface area (TPSA) is 155 Å². The van der Waals surface area contributed by atoms with Gasteiger partial charge in [0, 0.05) is 23.7 Å². The zero-order valence-electron chi connectivity index (χ0n) is 24.6. The molecule has 6 N–H and O–H groups in total. The van der Waals surface area contributed by atoms with Crippen LogP contribution in [0.5, 0.6) is 11.5 Å². The normalized spacial score (nSPS) is 16.0. The number of oxazole rings is 1. The molecular weight excluding hydrogens is 657 g/mol. The summed E-state index contributed by atoms with van der Waals surface area (Å²) in [5.41, 5.74) is 12.0. The molecule has 2 aromatic carbocycles. The highest BCUT2D eigenvalue weighted by molar-refractivity contribution is 5.94. The molecule has 0 radical (unpaired) electrons. The Kier molecular flexibility index (Phi) is 12.7. The number of nitrogens with one attached hydrogen (secondary N) is 2. The fraction of sp³-hybridized carbons (Fsp3) is 0.433. The highest BCUT2D eigenvalue weighted by atomic mass is 35.5. The average molecular weight is 693 g/mol. The van der Waals surface area contributed by atoms with E-state index in [-0.39, 0.29) is 71.7 Å². The van der Waals surface area contributed by atoms with Gasteiger partial charge in [-0.3, -0.25) is 9.59 Å². The first kappa shape index (κ1) is 36.9. The molecule has 2 saturated carbocycles. The third-order valence-corrected chi connectivity index (χ3v) is 7.42. The van der Waals surface area contributed by atoms with Crippen molar-refractivity contribution in [2.24, 2.45) is 23.3 Å². The van der Waals surface area contributed by atoms with Crippen LogP contribution in [0.4, 0.5) is 17.6 Å². The Morgan fingerprint density at radius 3 is 2.37 bits per heavy atom. The largest absolute Gasteiger partial charge is 0.489 e. The lowest BCUT2D eigenvalue weighted by molar-refractivity contribution is -0.122. The van der Waals surface area contributed by atoms with Crippen LogP contribution in [0.1, 0.15) is 66.5 Å². The van der Waals surface area contributed by atoms with Gasteiger partial charge in [-0.2, -0.15) is 8.78 Å². The summed E-state index contributed by atoms with van der Waals surface area (Å²) in [6.07, 6.45) is 3.60. The van der Waals surface area contributed by atoms with Crippen LogP contribution in [0.15, 0.2) is 40.8 Å². The van der Waals surface area contributed by atoms with E-state index in [2.05, 4.69) is 20.4 Å². The number of hydrogen-bond acceptors (Lipinski definition) is 8. The van der Waals surface area contributed by atoms with Gasteiger partial charge < -0.3 is 36.0 Å². The number of nitrogens with zero attached hydrogens (tertiary/aromatic N) is 1. The van der Waals surface area contributed by atoms with Crippen LogP contribution >= 0.6 is 24.8 Å². The molecule has 16 heteroatoms. The molecule has 2 fully saturated rings. The van der Waals surface area contributed by atoms with E-state index in [0.717, 1.165) is 37.8 Å². The summed E-state index contributed by atoms with van der Waals surface area (Å²) in [5, 5.41) is 5.26. The molecule has 10 nitrogen and oxygen atoms in total. The summed E-state index contributed by atoms with van der Waals surface area (Å²) in [6, 6.07) is 4.25. The lowest BCUT2D eigenvalue weighted by Crippen LogP contribution is -2.46. The smallest absolute Gasteiger partial charge is 0.387 e. The summed E-state index contributed by atoms with van der Waals surface area (Å²) in [5.74, 6) is -2.84. The maximum atomic E-state index is 14.8. The van der Waals surface area contributed by atoms with Crippen molar-refractivity contribution in [3.05, 3.63) is 65.1 Å². The number of amides is 2. The minimum atomic E-state index is -3.07. The van der Waals surface area contributed by atoms with Crippen molar-refractivity contribution < 1.29 is 41.0 Å². The van der Waals surface area contributed by atoms with Crippen molar-refractivity contribution in [3.63, 3.8) is 0 Å². The fourth-order valence-electron chi connectivity index (χ4n) is 4.61. The first-order valence-corrected chi connectivity index (χ1v) is 14.3. The Labute approximate surface area is 274 Å². The summed E-state index contributed by atoms with van der Waals surface area (Å²) in [7, 11) is 0. The molecule has 5 rings (SSSR count). The summed E-state index contributed by atoms with van der Waals surface area (Å²) in [6.45, 7) is -1.45. The number of halogens is 6. The number of benzene rings is 2. The molecule has 2 aliphatic rings. The van der Waals surface area contributed by atoms with Crippen molar-refractivity contribution in [2.75, 3.05) is 13.2 Å². The van der Waals surface area contributed by atoms with E-state index in [1.165, 1.54) is 18.2 Å². The molecule has 0 spiro atoms. The van der Waals surface area contributed by atoms with Crippen LogP contribution < -0.4 is 31.6 Å². The Morgan fingerprint density at radius 2 is 1.76 bits per heavy atom. The molecule has 1 heterocycles. The van der Waals surface area contributed by atoms with E-state index in [4.69, 9.17) is 20.6 Å². The molecule has 1 aromatic heterocycles. The monoisotopic (exact) mass is 691 g/mol. The highest BCUT2D eigenvalue weighted by Crippen LogP contribution is 2.37. The zero-order chi connectivity index (χ0) is 31.5. The van der Waals surface area contributed by atoms with Gasteiger partial charge in [0.1, 0.15) is 11.6 Å². The number of nitrogens with two attached hydrogens (primary N) is 2. The summed E-state index contributed by atoms with van der Waals surface area (Å²) >= 11 is 0. The number of ether oxygens (including phenoxy) is 2. The van der Waals surface area contributed by atoms with Crippen molar-refractivity contribution in [1.82, 2.24) is 15.6 Å². The highest BCUT2D eigenvalue weighted by Gasteiger charge is 2.34. The first-order chi connectivity index (χ1) is 21.0. The van der Waals surface area contributed by atoms with Crippen LogP contribution in [0.3, 0.4) is 0 Å². The van der Waals surface area contributed by atoms with Gasteiger partial charge in [-0.25, -0.2) is 13.8 Å². The Hall–Kier alpha value is -3.59. The van der Waals surface area contributed by atoms with E-state index >= 15 is 0 Å². The van der Waals surface area contributed by atoms with Gasteiger partial charge in [0.15, 0.2) is 23.0 Å². The van der Waals surface area contributed by atoms with E-state index in [1.807, 2.05) is 0 Å². The number of carbonyl (C=O) groups excluding carboxylic acids is 2. The predicted octanol–water partition coefficient (Wildman–Crippen LogP) is 5.20. The molecule has 2 unspecified atom stereocenters. The number of alkyl halides is 2. The van der Waals surface area contributed by atoms with Gasteiger partial charge in [0.05, 0.1) is 24.7 Å². The molecule has 2 amide bonds. The Morgan fingerprint density at radius 1 is 1.04 bits per heavy atom. The van der Waals surface area contributed by atoms with Crippen molar-refractivity contribution in [2.45, 2.75) is 57.3 Å². The molecule has 0 saturated heterocycles. The molecule has 3 atom stereocenters. The predicted molar refractivity (Wildman–Crippen MR) is 164 cm³/mol. The van der Waals surface area contributed by atoms with Gasteiger partial charge in [-0.05, 0) is 68.7 Å². The number of rotatable bonds is 14. The van der Waals surface area contributed by atoms with E-state index < -0.39 is 48.2 Å². The van der Waals surface area contributed by atoms with Crippen LogP contribution in [0.25, 0.3) is 11.5 Å². The van der Waals surface area contributed by atoms with Gasteiger partial charge in [0.2, 0.25) is 11.8 Å². The number of carbonyl (C=O) groups is 2. The molecule has 46 heavy (non-hydrogen) atoms. The van der Waals surface area contributed by atoms with Gasteiger partial charge in [0.25, 0.3) is 5.91 Å². The molecule has 0 aliphatic heterocycles. The van der Waals surface area contributed by atoms with Crippen molar-refractivity contribution >= 4 is 36.6 Å². The minimum Gasteiger partial charge on any atom is -0.489 e. The summed E-state index contributed by atoms with van der Waals surface area (Å²) in [4.78, 5) is 30.4. The Bertz CT molecular complexity index is 1520. The lowest BCUT2D eigenvalue weighted by atomic mass is 10.0. The maximum absolute atomic E-state index is 14.8. The second-order valence-electron chi connectivity index (χ2n) is 11.1. The van der Waals surface area contributed by atoms with Crippen LogP contribution in [-0.4, -0.2) is 42.6 Å². The van der Waals surface area contributed by atoms with E-state index in [0.29, 0.717) is 24.2 Å². The molecule has 2 aliphatic carbocycles. The third-order valence-electron chi connectivity index (χ3n) is 7.42. The second kappa shape index (κ2) is 15.8. The molecule has 3 aromatic rings. The first-order valence-electron chi connectivity index (χ1n) is 14.3. The Balaban J connectivity index is 0.00000288. The second-order valence-corrected chi connectivity index (χ2v) is 11.1. The van der Waals surface area contributed by atoms with Crippen LogP contribution in [0, 0.1) is 23.5 Å². The van der Waals surface area contributed by atoms with Crippen molar-refractivity contribution in [3.8, 4) is 23.0 Å². The standard InChI is InChI=1S/C30H33F4N5O5.2ClH/c1-14(35)26-25(39-29(44-26)17-6-9-22(43-30(33)34)23(10-17)42-13-15-2-3-15)28(41)38-21(19-8-7-18(31)11-20(19)32)12-37-27(40)24(36)16-4-5-16;;/h6-11,14-16,21,24,30H,2-5,12-13,35-36H2,1H3,(H,37,40)(H,38,41);2*1H/t14-,21?,24?;;/m0../s1. The van der Waals surface area contributed by atoms with E-state index in [9.17, 15) is 27.2 Å². The number of hydrogen-bond donors (Lipinski definition) is 4. The van der Waals surface area contributed by atoms with E-state index in [1.54, 1.807) is 6.92 Å². The average Bonchev–Trinajstić information content (AvgIpc) is 3.91. The fourth-order valence-corrected chi connectivity index (χ4v) is 4.61. The van der Waals surface area contributed by atoms with Crippen molar-refractivity contribution in [1.29, 1.82) is 0 Å².